The maximum atomic E-state index is 12.3. The van der Waals surface area contributed by atoms with Crippen LogP contribution in [0.2, 0.25) is 0 Å². The fourth-order valence-electron chi connectivity index (χ4n) is 3.02. The Bertz CT molecular complexity index is 355. The fraction of sp³-hybridized carbons (Fsp3) is 0.846. The maximum Gasteiger partial charge on any atom is 0.314 e. The number of amides is 3. The molecule has 2 rings (SSSR count). The molecule has 0 radical (unpaired) electrons. The molecule has 1 atom stereocenters. The van der Waals surface area contributed by atoms with Crippen molar-refractivity contribution < 1.29 is 14.7 Å². The SMILES string of the molecule is CN(CC1CC(O)C1)C(=O)C1CCCN(C(N)=O)C1. The highest BCUT2D eigenvalue weighted by atomic mass is 16.3. The number of rotatable bonds is 3. The zero-order valence-electron chi connectivity index (χ0n) is 11.4. The Kier molecular flexibility index (Phi) is 4.29. The number of hydrogen-bond acceptors (Lipinski definition) is 3. The average Bonchev–Trinajstić information content (AvgIpc) is 2.36. The second kappa shape index (κ2) is 5.77. The van der Waals surface area contributed by atoms with Gasteiger partial charge in [0, 0.05) is 26.7 Å². The monoisotopic (exact) mass is 269 g/mol. The maximum absolute atomic E-state index is 12.3. The zero-order chi connectivity index (χ0) is 14.0. The smallest absolute Gasteiger partial charge is 0.314 e. The lowest BCUT2D eigenvalue weighted by Gasteiger charge is -2.37. The molecule has 1 saturated carbocycles. The molecule has 0 aromatic carbocycles. The number of urea groups is 1. The van der Waals surface area contributed by atoms with Gasteiger partial charge in [-0.05, 0) is 31.6 Å². The van der Waals surface area contributed by atoms with E-state index in [-0.39, 0.29) is 17.9 Å². The summed E-state index contributed by atoms with van der Waals surface area (Å²) in [5.74, 6) is 0.378. The lowest BCUT2D eigenvalue weighted by molar-refractivity contribution is -0.137. The number of nitrogens with zero attached hydrogens (tertiary/aromatic N) is 2. The van der Waals surface area contributed by atoms with Crippen LogP contribution in [0.1, 0.15) is 25.7 Å². The first-order chi connectivity index (χ1) is 8.97. The summed E-state index contributed by atoms with van der Waals surface area (Å²) >= 11 is 0. The third-order valence-electron chi connectivity index (χ3n) is 4.20. The number of likely N-dealkylation sites (tertiary alicyclic amines) is 1. The summed E-state index contributed by atoms with van der Waals surface area (Å²) in [6, 6.07) is -0.442. The van der Waals surface area contributed by atoms with Crippen LogP contribution in [0.25, 0.3) is 0 Å². The van der Waals surface area contributed by atoms with Gasteiger partial charge in [-0.2, -0.15) is 0 Å². The van der Waals surface area contributed by atoms with Gasteiger partial charge in [0.1, 0.15) is 0 Å². The molecule has 1 unspecified atom stereocenters. The van der Waals surface area contributed by atoms with Crippen LogP contribution in [0, 0.1) is 11.8 Å². The molecule has 0 spiro atoms. The van der Waals surface area contributed by atoms with Gasteiger partial charge in [-0.3, -0.25) is 4.79 Å². The predicted molar refractivity (Wildman–Crippen MR) is 70.2 cm³/mol. The second-order valence-corrected chi connectivity index (χ2v) is 5.83. The third-order valence-corrected chi connectivity index (χ3v) is 4.20. The van der Waals surface area contributed by atoms with Crippen LogP contribution in [0.15, 0.2) is 0 Å². The van der Waals surface area contributed by atoms with Gasteiger partial charge in [0.2, 0.25) is 5.91 Å². The number of aliphatic hydroxyl groups is 1. The Morgan fingerprint density at radius 1 is 1.42 bits per heavy atom. The number of primary amides is 1. The molecule has 1 aliphatic heterocycles. The molecule has 0 aromatic heterocycles. The Morgan fingerprint density at radius 3 is 2.68 bits per heavy atom. The molecule has 2 aliphatic rings. The van der Waals surface area contributed by atoms with Crippen molar-refractivity contribution in [2.24, 2.45) is 17.6 Å². The van der Waals surface area contributed by atoms with Crippen LogP contribution in [-0.2, 0) is 4.79 Å². The minimum Gasteiger partial charge on any atom is -0.393 e. The van der Waals surface area contributed by atoms with Crippen molar-refractivity contribution in [2.45, 2.75) is 31.8 Å². The van der Waals surface area contributed by atoms with Gasteiger partial charge < -0.3 is 20.6 Å². The summed E-state index contributed by atoms with van der Waals surface area (Å²) in [6.45, 7) is 1.78. The highest BCUT2D eigenvalue weighted by Gasteiger charge is 2.33. The molecular weight excluding hydrogens is 246 g/mol. The van der Waals surface area contributed by atoms with Crippen LogP contribution in [0.5, 0.6) is 0 Å². The van der Waals surface area contributed by atoms with E-state index in [1.165, 1.54) is 0 Å². The minimum atomic E-state index is -0.442. The van der Waals surface area contributed by atoms with Crippen molar-refractivity contribution in [1.29, 1.82) is 0 Å². The lowest BCUT2D eigenvalue weighted by Crippen LogP contribution is -2.49. The first-order valence-corrected chi connectivity index (χ1v) is 6.94. The number of carbonyl (C=O) groups excluding carboxylic acids is 2. The molecule has 1 saturated heterocycles. The molecule has 6 nitrogen and oxygen atoms in total. The van der Waals surface area contributed by atoms with Crippen molar-refractivity contribution in [3.63, 3.8) is 0 Å². The number of carbonyl (C=O) groups is 2. The molecule has 2 fully saturated rings. The van der Waals surface area contributed by atoms with E-state index in [0.717, 1.165) is 25.7 Å². The van der Waals surface area contributed by atoms with Gasteiger partial charge in [-0.1, -0.05) is 0 Å². The van der Waals surface area contributed by atoms with Crippen LogP contribution in [0.4, 0.5) is 4.79 Å². The summed E-state index contributed by atoms with van der Waals surface area (Å²) in [7, 11) is 1.80. The molecule has 1 heterocycles. The molecule has 0 aromatic rings. The Morgan fingerprint density at radius 2 is 2.11 bits per heavy atom. The van der Waals surface area contributed by atoms with Crippen LogP contribution in [-0.4, -0.2) is 59.6 Å². The zero-order valence-corrected chi connectivity index (χ0v) is 11.4. The van der Waals surface area contributed by atoms with E-state index in [9.17, 15) is 14.7 Å². The van der Waals surface area contributed by atoms with E-state index in [0.29, 0.717) is 25.6 Å². The minimum absolute atomic E-state index is 0.0901. The lowest BCUT2D eigenvalue weighted by atomic mass is 9.82. The summed E-state index contributed by atoms with van der Waals surface area (Å²) in [4.78, 5) is 26.8. The molecular formula is C13H23N3O3. The van der Waals surface area contributed by atoms with Crippen molar-refractivity contribution in [3.05, 3.63) is 0 Å². The predicted octanol–water partition coefficient (Wildman–Crippen LogP) is 0.00640. The van der Waals surface area contributed by atoms with Crippen molar-refractivity contribution >= 4 is 11.9 Å². The Labute approximate surface area is 113 Å². The fourth-order valence-corrected chi connectivity index (χ4v) is 3.02. The summed E-state index contributed by atoms with van der Waals surface area (Å²) in [5, 5.41) is 9.25. The van der Waals surface area contributed by atoms with Crippen molar-refractivity contribution in [1.82, 2.24) is 9.80 Å². The third kappa shape index (κ3) is 3.37. The quantitative estimate of drug-likeness (QED) is 0.756. The average molecular weight is 269 g/mol. The van der Waals surface area contributed by atoms with Crippen LogP contribution < -0.4 is 5.73 Å². The number of aliphatic hydroxyl groups excluding tert-OH is 1. The second-order valence-electron chi connectivity index (χ2n) is 5.83. The van der Waals surface area contributed by atoms with Crippen molar-refractivity contribution in [3.8, 4) is 0 Å². The van der Waals surface area contributed by atoms with Gasteiger partial charge >= 0.3 is 6.03 Å². The molecule has 19 heavy (non-hydrogen) atoms. The van der Waals surface area contributed by atoms with Gasteiger partial charge in [0.15, 0.2) is 0 Å². The summed E-state index contributed by atoms with van der Waals surface area (Å²) < 4.78 is 0. The van der Waals surface area contributed by atoms with Gasteiger partial charge in [0.05, 0.1) is 12.0 Å². The first kappa shape index (κ1) is 14.1. The topological polar surface area (TPSA) is 86.9 Å². The van der Waals surface area contributed by atoms with Gasteiger partial charge in [0.25, 0.3) is 0 Å². The van der Waals surface area contributed by atoms with E-state index in [1.807, 2.05) is 0 Å². The van der Waals surface area contributed by atoms with Crippen molar-refractivity contribution in [2.75, 3.05) is 26.7 Å². The van der Waals surface area contributed by atoms with E-state index >= 15 is 0 Å². The summed E-state index contributed by atoms with van der Waals surface area (Å²) in [5.41, 5.74) is 5.27. The van der Waals surface area contributed by atoms with E-state index in [4.69, 9.17) is 5.73 Å². The van der Waals surface area contributed by atoms with Gasteiger partial charge in [-0.25, -0.2) is 4.79 Å². The molecule has 108 valence electrons. The number of piperidine rings is 1. The summed E-state index contributed by atoms with van der Waals surface area (Å²) in [6.07, 6.45) is 3.04. The van der Waals surface area contributed by atoms with E-state index < -0.39 is 6.03 Å². The van der Waals surface area contributed by atoms with E-state index in [1.54, 1.807) is 16.8 Å². The van der Waals surface area contributed by atoms with Crippen LogP contribution in [0.3, 0.4) is 0 Å². The highest BCUT2D eigenvalue weighted by Crippen LogP contribution is 2.28. The number of hydrogen-bond donors (Lipinski definition) is 2. The largest absolute Gasteiger partial charge is 0.393 e. The first-order valence-electron chi connectivity index (χ1n) is 6.94. The normalized spacial score (nSPS) is 30.6. The molecule has 1 aliphatic carbocycles. The van der Waals surface area contributed by atoms with Crippen LogP contribution >= 0.6 is 0 Å². The molecule has 3 amide bonds. The Balaban J connectivity index is 1.82. The highest BCUT2D eigenvalue weighted by molar-refractivity contribution is 5.80. The number of nitrogens with two attached hydrogens (primary N) is 1. The Hall–Kier alpha value is -1.30. The van der Waals surface area contributed by atoms with E-state index in [2.05, 4.69) is 0 Å². The molecule has 3 N–H and O–H groups in total. The standard InChI is InChI=1S/C13H23N3O3/c1-15(7-9-5-11(17)6-9)12(18)10-3-2-4-16(8-10)13(14)19/h9-11,17H,2-8H2,1H3,(H2,14,19). The van der Waals surface area contributed by atoms with Gasteiger partial charge in [-0.15, -0.1) is 0 Å². The molecule has 6 heteroatoms. The molecule has 0 bridgehead atoms.